The van der Waals surface area contributed by atoms with Gasteiger partial charge < -0.3 is 14.2 Å². The number of amides is 1. The lowest BCUT2D eigenvalue weighted by Gasteiger charge is -2.37. The summed E-state index contributed by atoms with van der Waals surface area (Å²) in [5, 5.41) is 0. The molecule has 1 aromatic rings. The smallest absolute Gasteiger partial charge is 0.418 e. The number of esters is 1. The molecule has 2 aliphatic rings. The van der Waals surface area contributed by atoms with Crippen molar-refractivity contribution in [1.29, 1.82) is 0 Å². The lowest BCUT2D eigenvalue weighted by Crippen LogP contribution is -2.39. The summed E-state index contributed by atoms with van der Waals surface area (Å²) in [6.07, 6.45) is -0.560. The second-order valence-corrected chi connectivity index (χ2v) is 9.90. The maximum atomic E-state index is 13.6. The third kappa shape index (κ3) is 5.13. The number of allylic oxidation sites excluding steroid dienone is 2. The van der Waals surface area contributed by atoms with Crippen molar-refractivity contribution >= 4 is 18.0 Å². The van der Waals surface area contributed by atoms with Crippen LogP contribution < -0.4 is 0 Å². The van der Waals surface area contributed by atoms with E-state index in [1.807, 2.05) is 71.9 Å². The highest BCUT2D eigenvalue weighted by atomic mass is 16.6. The minimum atomic E-state index is -0.708. The predicted molar refractivity (Wildman–Crippen MR) is 127 cm³/mol. The van der Waals surface area contributed by atoms with Crippen molar-refractivity contribution in [2.75, 3.05) is 13.2 Å². The van der Waals surface area contributed by atoms with Gasteiger partial charge in [-0.2, -0.15) is 0 Å². The Balaban J connectivity index is 2.30. The first-order valence-electron chi connectivity index (χ1n) is 11.3. The third-order valence-electron chi connectivity index (χ3n) is 5.43. The van der Waals surface area contributed by atoms with Gasteiger partial charge in [-0.3, -0.25) is 4.90 Å². The van der Waals surface area contributed by atoms with Crippen molar-refractivity contribution in [1.82, 2.24) is 4.90 Å². The Hall–Kier alpha value is -3.09. The Morgan fingerprint density at radius 2 is 1.79 bits per heavy atom. The van der Waals surface area contributed by atoms with Gasteiger partial charge in [0.25, 0.3) is 0 Å². The predicted octanol–water partition coefficient (Wildman–Crippen LogP) is 5.34. The standard InChI is InChI=1S/C26H34N2O5/c1-9-31-24(30)28-16(2)19(22-27-26(7,8)15-32-22)21(18-13-11-10-12-14-18)20(17(28)3)23(29)33-25(4,5)6/h10-14,21H,9,15H2,1-8H3. The Bertz CT molecular complexity index is 1030. The first kappa shape index (κ1) is 24.6. The molecule has 178 valence electrons. The Labute approximate surface area is 196 Å². The van der Waals surface area contributed by atoms with Gasteiger partial charge in [0.05, 0.1) is 17.7 Å². The number of hydrogen-bond acceptors (Lipinski definition) is 6. The SMILES string of the molecule is CCOC(=O)N1C(C)=C(C(=O)OC(C)(C)C)C(c2ccccc2)C(C2=NC(C)(C)CO2)=C1C. The molecule has 1 aromatic carbocycles. The fourth-order valence-corrected chi connectivity index (χ4v) is 4.09. The zero-order valence-electron chi connectivity index (χ0n) is 20.8. The number of benzene rings is 1. The maximum Gasteiger partial charge on any atom is 0.418 e. The lowest BCUT2D eigenvalue weighted by atomic mass is 9.79. The molecular formula is C26H34N2O5. The van der Waals surface area contributed by atoms with Crippen LogP contribution in [0, 0.1) is 0 Å². The van der Waals surface area contributed by atoms with E-state index in [9.17, 15) is 9.59 Å². The zero-order valence-corrected chi connectivity index (χ0v) is 20.8. The average Bonchev–Trinajstić information content (AvgIpc) is 3.06. The number of carbonyl (C=O) groups is 2. The summed E-state index contributed by atoms with van der Waals surface area (Å²) < 4.78 is 17.1. The molecule has 0 fully saturated rings. The Morgan fingerprint density at radius 1 is 1.15 bits per heavy atom. The summed E-state index contributed by atoms with van der Waals surface area (Å²) >= 11 is 0. The minimum absolute atomic E-state index is 0.208. The molecule has 0 spiro atoms. The molecular weight excluding hydrogens is 420 g/mol. The number of aliphatic imine (C=N–C) groups is 1. The molecule has 0 saturated carbocycles. The molecule has 1 unspecified atom stereocenters. The molecule has 0 bridgehead atoms. The van der Waals surface area contributed by atoms with Crippen molar-refractivity contribution in [3.8, 4) is 0 Å². The zero-order chi connectivity index (χ0) is 24.6. The van der Waals surface area contributed by atoms with Gasteiger partial charge in [-0.1, -0.05) is 30.3 Å². The summed E-state index contributed by atoms with van der Waals surface area (Å²) in [6.45, 7) is 15.4. The van der Waals surface area contributed by atoms with Crippen molar-refractivity contribution in [2.45, 2.75) is 72.4 Å². The molecule has 0 aliphatic carbocycles. The van der Waals surface area contributed by atoms with Crippen LogP contribution in [-0.4, -0.2) is 47.2 Å². The van der Waals surface area contributed by atoms with E-state index >= 15 is 0 Å². The van der Waals surface area contributed by atoms with Gasteiger partial charge in [-0.15, -0.1) is 0 Å². The lowest BCUT2D eigenvalue weighted by molar-refractivity contribution is -0.150. The number of rotatable bonds is 4. The second kappa shape index (κ2) is 9.04. The van der Waals surface area contributed by atoms with E-state index in [0.29, 0.717) is 35.0 Å². The second-order valence-electron chi connectivity index (χ2n) is 9.90. The Kier molecular flexibility index (Phi) is 6.73. The highest BCUT2D eigenvalue weighted by Crippen LogP contribution is 2.44. The van der Waals surface area contributed by atoms with Crippen LogP contribution in [0.4, 0.5) is 4.79 Å². The van der Waals surface area contributed by atoms with Crippen molar-refractivity contribution in [3.05, 3.63) is 58.4 Å². The van der Waals surface area contributed by atoms with Crippen LogP contribution in [0.2, 0.25) is 0 Å². The van der Waals surface area contributed by atoms with E-state index in [-0.39, 0.29) is 6.61 Å². The third-order valence-corrected chi connectivity index (χ3v) is 5.43. The largest absolute Gasteiger partial charge is 0.475 e. The van der Waals surface area contributed by atoms with Gasteiger partial charge in [0.15, 0.2) is 0 Å². The van der Waals surface area contributed by atoms with Crippen LogP contribution in [0.5, 0.6) is 0 Å². The van der Waals surface area contributed by atoms with Gasteiger partial charge >= 0.3 is 12.1 Å². The molecule has 33 heavy (non-hydrogen) atoms. The summed E-state index contributed by atoms with van der Waals surface area (Å²) in [5.74, 6) is -0.584. The molecule has 0 aromatic heterocycles. The molecule has 1 atom stereocenters. The molecule has 2 heterocycles. The topological polar surface area (TPSA) is 77.4 Å². The van der Waals surface area contributed by atoms with E-state index in [1.165, 1.54) is 4.90 Å². The fourth-order valence-electron chi connectivity index (χ4n) is 4.09. The molecule has 0 radical (unpaired) electrons. The first-order chi connectivity index (χ1) is 15.4. The molecule has 2 aliphatic heterocycles. The van der Waals surface area contributed by atoms with Gasteiger partial charge in [0.2, 0.25) is 5.90 Å². The highest BCUT2D eigenvalue weighted by Gasteiger charge is 2.44. The first-order valence-corrected chi connectivity index (χ1v) is 11.3. The van der Waals surface area contributed by atoms with E-state index in [1.54, 1.807) is 13.8 Å². The van der Waals surface area contributed by atoms with Crippen molar-refractivity contribution in [3.63, 3.8) is 0 Å². The number of carbonyl (C=O) groups excluding carboxylic acids is 2. The van der Waals surface area contributed by atoms with Crippen LogP contribution in [0.1, 0.15) is 66.9 Å². The number of ether oxygens (including phenoxy) is 3. The summed E-state index contributed by atoms with van der Waals surface area (Å²) in [6, 6.07) is 9.67. The van der Waals surface area contributed by atoms with Crippen molar-refractivity contribution in [2.24, 2.45) is 4.99 Å². The Morgan fingerprint density at radius 3 is 2.30 bits per heavy atom. The van der Waals surface area contributed by atoms with Gasteiger partial charge in [-0.25, -0.2) is 14.6 Å². The normalized spacial score (nSPS) is 20.4. The van der Waals surface area contributed by atoms with Gasteiger partial charge in [0, 0.05) is 22.9 Å². The molecule has 7 heteroatoms. The molecule has 0 saturated heterocycles. The van der Waals surface area contributed by atoms with Crippen LogP contribution in [-0.2, 0) is 19.0 Å². The summed E-state index contributed by atoms with van der Waals surface area (Å²) in [5.41, 5.74) is 1.86. The van der Waals surface area contributed by atoms with E-state index in [4.69, 9.17) is 19.2 Å². The molecule has 1 amide bonds. The van der Waals surface area contributed by atoms with Gasteiger partial charge in [-0.05, 0) is 61.0 Å². The van der Waals surface area contributed by atoms with E-state index < -0.39 is 29.1 Å². The summed E-state index contributed by atoms with van der Waals surface area (Å²) in [7, 11) is 0. The van der Waals surface area contributed by atoms with E-state index in [0.717, 1.165) is 5.56 Å². The van der Waals surface area contributed by atoms with Crippen LogP contribution >= 0.6 is 0 Å². The monoisotopic (exact) mass is 454 g/mol. The molecule has 7 nitrogen and oxygen atoms in total. The van der Waals surface area contributed by atoms with Crippen LogP contribution in [0.3, 0.4) is 0 Å². The molecule has 3 rings (SSSR count). The number of nitrogens with zero attached hydrogens (tertiary/aromatic N) is 2. The van der Waals surface area contributed by atoms with Crippen LogP contribution in [0.15, 0.2) is 57.9 Å². The maximum absolute atomic E-state index is 13.6. The fraction of sp³-hybridized carbons (Fsp3) is 0.500. The number of hydrogen-bond donors (Lipinski definition) is 0. The van der Waals surface area contributed by atoms with E-state index in [2.05, 4.69) is 0 Å². The minimum Gasteiger partial charge on any atom is -0.475 e. The average molecular weight is 455 g/mol. The quantitative estimate of drug-likeness (QED) is 0.574. The summed E-state index contributed by atoms with van der Waals surface area (Å²) in [4.78, 5) is 32.8. The van der Waals surface area contributed by atoms with Gasteiger partial charge in [0.1, 0.15) is 12.2 Å². The van der Waals surface area contributed by atoms with Crippen molar-refractivity contribution < 1.29 is 23.8 Å². The highest BCUT2D eigenvalue weighted by molar-refractivity contribution is 6.04. The molecule has 0 N–H and O–H groups in total. The van der Waals surface area contributed by atoms with Crippen LogP contribution in [0.25, 0.3) is 0 Å².